The number of anilines is 1. The Hall–Kier alpha value is -7.46. The van der Waals surface area contributed by atoms with Crippen molar-refractivity contribution in [3.63, 3.8) is 0 Å². The standard InChI is InChI=1S/C55H49N7O2/c1-36(2)50(63)34-61-30-32-62(33-31-61)35-51(64)56-41-20-18-40(19-21-41)55-48-28-26-46(59-48)53(38-14-8-4-9-15-38)44-24-22-42(57-44)52(37-12-6-3-7-13-37)43-23-25-45(58-43)54(39-16-10-5-11-17-39)47-27-29-49(55)60-47/h3-29,36,57,60H,30-35H2,1-2H3,(H,56,64). The molecule has 7 aromatic rings. The van der Waals surface area contributed by atoms with Gasteiger partial charge in [0.15, 0.2) is 0 Å². The van der Waals surface area contributed by atoms with Crippen molar-refractivity contribution < 1.29 is 9.59 Å². The molecule has 4 aromatic carbocycles. The largest absolute Gasteiger partial charge is 0.354 e. The Morgan fingerprint density at radius 3 is 1.19 bits per heavy atom. The van der Waals surface area contributed by atoms with Gasteiger partial charge in [0.1, 0.15) is 5.78 Å². The highest BCUT2D eigenvalue weighted by Gasteiger charge is 2.23. The van der Waals surface area contributed by atoms with Crippen molar-refractivity contribution in [3.8, 4) is 44.5 Å². The second kappa shape index (κ2) is 17.7. The Labute approximate surface area is 372 Å². The van der Waals surface area contributed by atoms with Crippen LogP contribution in [0.15, 0.2) is 140 Å². The van der Waals surface area contributed by atoms with Crippen molar-refractivity contribution in [1.29, 1.82) is 0 Å². The lowest BCUT2D eigenvalue weighted by atomic mass is 10.0. The summed E-state index contributed by atoms with van der Waals surface area (Å²) in [5.74, 6) is 0.224. The van der Waals surface area contributed by atoms with Gasteiger partial charge in [-0.15, -0.1) is 0 Å². The Morgan fingerprint density at radius 1 is 0.484 bits per heavy atom. The maximum absolute atomic E-state index is 13.3. The molecule has 316 valence electrons. The van der Waals surface area contributed by atoms with Crippen LogP contribution in [0.2, 0.25) is 0 Å². The van der Waals surface area contributed by atoms with Gasteiger partial charge in [-0.05, 0) is 83.0 Å². The SMILES string of the molecule is CC(C)C(=O)CN1CCN(CC(=O)Nc2ccc(-c3c4nc(c(-c5ccccc5)c5ccc([nH]5)c(-c5ccccc5)c5nc(c(-c6ccccc6)c6ccc3[nH]6)C=C5)C=C4)cc2)CC1. The third kappa shape index (κ3) is 8.39. The smallest absolute Gasteiger partial charge is 0.238 e. The van der Waals surface area contributed by atoms with Gasteiger partial charge in [0.25, 0.3) is 0 Å². The molecule has 3 aliphatic heterocycles. The van der Waals surface area contributed by atoms with Crippen LogP contribution in [0.3, 0.4) is 0 Å². The molecule has 64 heavy (non-hydrogen) atoms. The van der Waals surface area contributed by atoms with Crippen LogP contribution < -0.4 is 5.32 Å². The molecular weight excluding hydrogens is 791 g/mol. The first kappa shape index (κ1) is 40.6. The molecule has 0 aliphatic carbocycles. The lowest BCUT2D eigenvalue weighted by molar-refractivity contribution is -0.124. The van der Waals surface area contributed by atoms with Crippen molar-refractivity contribution in [2.45, 2.75) is 13.8 Å². The Balaban J connectivity index is 1.10. The second-order valence-electron chi connectivity index (χ2n) is 16.9. The number of nitrogens with zero attached hydrogens (tertiary/aromatic N) is 4. The van der Waals surface area contributed by atoms with E-state index in [0.29, 0.717) is 13.1 Å². The monoisotopic (exact) mass is 839 g/mol. The van der Waals surface area contributed by atoms with Gasteiger partial charge in [0.2, 0.25) is 5.91 Å². The molecule has 10 rings (SSSR count). The molecule has 1 fully saturated rings. The van der Waals surface area contributed by atoms with E-state index in [1.54, 1.807) is 0 Å². The number of piperazine rings is 1. The first-order chi connectivity index (χ1) is 31.3. The number of carbonyl (C=O) groups is 2. The molecule has 9 heteroatoms. The van der Waals surface area contributed by atoms with Crippen LogP contribution in [0.5, 0.6) is 0 Å². The van der Waals surface area contributed by atoms with E-state index in [0.717, 1.165) is 121 Å². The fourth-order valence-corrected chi connectivity index (χ4v) is 8.87. The molecule has 0 spiro atoms. The number of aromatic nitrogens is 4. The molecule has 1 saturated heterocycles. The highest BCUT2D eigenvalue weighted by atomic mass is 16.2. The predicted molar refractivity (Wildman–Crippen MR) is 262 cm³/mol. The predicted octanol–water partition coefficient (Wildman–Crippen LogP) is 11.1. The van der Waals surface area contributed by atoms with Crippen molar-refractivity contribution in [3.05, 3.63) is 162 Å². The number of amides is 1. The molecule has 1 amide bonds. The zero-order chi connectivity index (χ0) is 43.6. The van der Waals surface area contributed by atoms with Crippen molar-refractivity contribution in [2.75, 3.05) is 44.6 Å². The first-order valence-electron chi connectivity index (χ1n) is 22.0. The molecular formula is C55H49N7O2. The first-order valence-corrected chi connectivity index (χ1v) is 22.0. The average Bonchev–Trinajstić information content (AvgIpc) is 4.17. The maximum Gasteiger partial charge on any atom is 0.238 e. The Bertz CT molecular complexity index is 3050. The van der Waals surface area contributed by atoms with E-state index in [1.165, 1.54) is 0 Å². The fourth-order valence-electron chi connectivity index (χ4n) is 8.87. The van der Waals surface area contributed by atoms with E-state index in [9.17, 15) is 9.59 Å². The number of aromatic amines is 2. The maximum atomic E-state index is 13.3. The van der Waals surface area contributed by atoms with Gasteiger partial charge < -0.3 is 15.3 Å². The van der Waals surface area contributed by atoms with Crippen LogP contribution in [-0.2, 0) is 9.59 Å². The average molecular weight is 840 g/mol. The molecule has 0 atom stereocenters. The summed E-state index contributed by atoms with van der Waals surface area (Å²) in [5.41, 5.74) is 15.9. The third-order valence-electron chi connectivity index (χ3n) is 12.3. The number of fused-ring (bicyclic) bond motifs is 8. The normalized spacial score (nSPS) is 14.0. The van der Waals surface area contributed by atoms with E-state index in [4.69, 9.17) is 9.97 Å². The van der Waals surface area contributed by atoms with Crippen LogP contribution in [-0.4, -0.2) is 80.7 Å². The molecule has 6 heterocycles. The summed E-state index contributed by atoms with van der Waals surface area (Å²) in [7, 11) is 0. The van der Waals surface area contributed by atoms with E-state index >= 15 is 0 Å². The van der Waals surface area contributed by atoms with Gasteiger partial charge in [0, 0.05) is 82.1 Å². The molecule has 3 N–H and O–H groups in total. The molecule has 9 nitrogen and oxygen atoms in total. The summed E-state index contributed by atoms with van der Waals surface area (Å²) < 4.78 is 0. The lowest BCUT2D eigenvalue weighted by Gasteiger charge is -2.34. The zero-order valence-electron chi connectivity index (χ0n) is 36.0. The molecule has 0 saturated carbocycles. The quantitative estimate of drug-likeness (QED) is 0.127. The van der Waals surface area contributed by atoms with Gasteiger partial charge in [-0.3, -0.25) is 19.4 Å². The number of nitrogens with one attached hydrogen (secondary N) is 3. The van der Waals surface area contributed by atoms with Crippen LogP contribution in [0.1, 0.15) is 36.6 Å². The number of ketones is 1. The van der Waals surface area contributed by atoms with Gasteiger partial charge >= 0.3 is 0 Å². The van der Waals surface area contributed by atoms with Crippen molar-refractivity contribution >= 4 is 63.7 Å². The van der Waals surface area contributed by atoms with Gasteiger partial charge in [0.05, 0.1) is 35.9 Å². The molecule has 0 unspecified atom stereocenters. The molecule has 3 aliphatic rings. The van der Waals surface area contributed by atoms with Crippen LogP contribution in [0.4, 0.5) is 5.69 Å². The summed E-state index contributed by atoms with van der Waals surface area (Å²) >= 11 is 0. The number of carbonyl (C=O) groups excluding carboxylic acids is 2. The summed E-state index contributed by atoms with van der Waals surface area (Å²) in [6.45, 7) is 7.70. The second-order valence-corrected chi connectivity index (χ2v) is 16.9. The molecule has 8 bridgehead atoms. The number of Topliss-reactive ketones (excluding diaryl/α,β-unsaturated/α-hetero) is 1. The minimum absolute atomic E-state index is 0.0303. The van der Waals surface area contributed by atoms with Crippen LogP contribution in [0, 0.1) is 5.92 Å². The minimum Gasteiger partial charge on any atom is -0.354 e. The van der Waals surface area contributed by atoms with Crippen molar-refractivity contribution in [1.82, 2.24) is 29.7 Å². The van der Waals surface area contributed by atoms with Gasteiger partial charge in [-0.1, -0.05) is 117 Å². The van der Waals surface area contributed by atoms with Gasteiger partial charge in [-0.25, -0.2) is 9.97 Å². The number of hydrogen-bond acceptors (Lipinski definition) is 6. The molecule has 3 aromatic heterocycles. The summed E-state index contributed by atoms with van der Waals surface area (Å²) in [6.07, 6.45) is 8.43. The van der Waals surface area contributed by atoms with Crippen molar-refractivity contribution in [2.24, 2.45) is 5.92 Å². The van der Waals surface area contributed by atoms with E-state index in [-0.39, 0.29) is 17.6 Å². The number of hydrogen-bond donors (Lipinski definition) is 3. The van der Waals surface area contributed by atoms with Crippen LogP contribution >= 0.6 is 0 Å². The van der Waals surface area contributed by atoms with E-state index < -0.39 is 0 Å². The highest BCUT2D eigenvalue weighted by molar-refractivity contribution is 6.00. The molecule has 0 radical (unpaired) electrons. The Kier molecular flexibility index (Phi) is 11.2. The minimum atomic E-state index is -0.0635. The topological polar surface area (TPSA) is 110 Å². The van der Waals surface area contributed by atoms with E-state index in [2.05, 4.69) is 159 Å². The fraction of sp³-hybridized carbons (Fsp3) is 0.164. The third-order valence-corrected chi connectivity index (χ3v) is 12.3. The van der Waals surface area contributed by atoms with Crippen LogP contribution in [0.25, 0.3) is 90.9 Å². The zero-order valence-corrected chi connectivity index (χ0v) is 36.0. The van der Waals surface area contributed by atoms with E-state index in [1.807, 2.05) is 44.2 Å². The lowest BCUT2D eigenvalue weighted by Crippen LogP contribution is -2.50. The number of H-pyrrole nitrogens is 2. The highest BCUT2D eigenvalue weighted by Crippen LogP contribution is 2.38. The van der Waals surface area contributed by atoms with Gasteiger partial charge in [-0.2, -0.15) is 0 Å². The number of rotatable bonds is 10. The Morgan fingerprint density at radius 2 is 0.828 bits per heavy atom. The summed E-state index contributed by atoms with van der Waals surface area (Å²) in [5, 5.41) is 3.12. The number of benzene rings is 4. The summed E-state index contributed by atoms with van der Waals surface area (Å²) in [6, 6.07) is 47.8. The summed E-state index contributed by atoms with van der Waals surface area (Å²) in [4.78, 5) is 48.4.